The van der Waals surface area contributed by atoms with Crippen LogP contribution in [0, 0.1) is 0 Å². The van der Waals surface area contributed by atoms with Gasteiger partial charge in [-0.05, 0) is 19.4 Å². The highest BCUT2D eigenvalue weighted by molar-refractivity contribution is 6.51. The molecule has 0 saturated heterocycles. The molecule has 10 nitrogen and oxygen atoms in total. The summed E-state index contributed by atoms with van der Waals surface area (Å²) in [5.74, 6) is -3.74. The Hall–Kier alpha value is -2.85. The average molecular weight is 516 g/mol. The maximum absolute atomic E-state index is 12.7. The van der Waals surface area contributed by atoms with Gasteiger partial charge >= 0.3 is 11.9 Å². The van der Waals surface area contributed by atoms with Crippen LogP contribution >= 0.6 is 23.2 Å². The van der Waals surface area contributed by atoms with Crippen molar-refractivity contribution in [2.75, 3.05) is 0 Å². The number of carboxylic acid groups (broad SMARTS) is 1. The lowest BCUT2D eigenvalue weighted by molar-refractivity contribution is -0.149. The van der Waals surface area contributed by atoms with Gasteiger partial charge in [0.15, 0.2) is 4.33 Å². The van der Waals surface area contributed by atoms with E-state index in [1.165, 1.54) is 13.8 Å². The third kappa shape index (κ3) is 8.83. The van der Waals surface area contributed by atoms with E-state index in [1.807, 2.05) is 6.07 Å². The fourth-order valence-corrected chi connectivity index (χ4v) is 3.25. The summed E-state index contributed by atoms with van der Waals surface area (Å²) in [6, 6.07) is 5.87. The standard InChI is InChI=1S/C22H27Cl2N3O7/c1-12(25-17(28)8-9-18(29)30)19(31)26-13(2)20(32)27-15(10-14-6-4-3-5-7-14)21(33)34-16-11-22(16,23)24/h3-7,12-13,15-16H,8-11H2,1-2H3,(H,25,28)(H,26,31)(H,27,32)(H,29,30)/t12-,13-,15-,16?/m0/s1. The molecule has 3 amide bonds. The molecule has 1 aromatic rings. The number of alkyl halides is 2. The molecule has 34 heavy (non-hydrogen) atoms. The van der Waals surface area contributed by atoms with Crippen LogP contribution in [-0.4, -0.2) is 63.3 Å². The Kier molecular flexibility index (Phi) is 9.69. The van der Waals surface area contributed by atoms with Crippen molar-refractivity contribution in [3.63, 3.8) is 0 Å². The normalized spacial score (nSPS) is 18.5. The highest BCUT2D eigenvalue weighted by Gasteiger charge is 2.55. The van der Waals surface area contributed by atoms with Crippen LogP contribution in [0.5, 0.6) is 0 Å². The third-order valence-electron chi connectivity index (χ3n) is 5.00. The molecule has 1 aliphatic carbocycles. The second kappa shape index (κ2) is 12.0. The van der Waals surface area contributed by atoms with Crippen molar-refractivity contribution in [1.29, 1.82) is 0 Å². The van der Waals surface area contributed by atoms with Gasteiger partial charge in [0.1, 0.15) is 24.2 Å². The quantitative estimate of drug-likeness (QED) is 0.240. The molecule has 1 aromatic carbocycles. The van der Waals surface area contributed by atoms with E-state index >= 15 is 0 Å². The number of aliphatic carboxylic acids is 1. The number of esters is 1. The number of nitrogens with one attached hydrogen (secondary N) is 3. The molecule has 1 fully saturated rings. The van der Waals surface area contributed by atoms with Crippen molar-refractivity contribution < 1.29 is 33.8 Å². The van der Waals surface area contributed by atoms with E-state index in [2.05, 4.69) is 16.0 Å². The van der Waals surface area contributed by atoms with E-state index in [4.69, 9.17) is 33.0 Å². The minimum Gasteiger partial charge on any atom is -0.481 e. The molecular formula is C22H27Cl2N3O7. The topological polar surface area (TPSA) is 151 Å². The molecule has 1 unspecified atom stereocenters. The Balaban J connectivity index is 1.94. The first-order valence-corrected chi connectivity index (χ1v) is 11.4. The number of benzene rings is 1. The summed E-state index contributed by atoms with van der Waals surface area (Å²) >= 11 is 11.8. The number of carbonyl (C=O) groups excluding carboxylic acids is 4. The molecule has 1 saturated carbocycles. The Morgan fingerprint density at radius 2 is 1.56 bits per heavy atom. The van der Waals surface area contributed by atoms with E-state index in [9.17, 15) is 24.0 Å². The van der Waals surface area contributed by atoms with Gasteiger partial charge in [0.05, 0.1) is 6.42 Å². The maximum Gasteiger partial charge on any atom is 0.329 e. The second-order valence-corrected chi connectivity index (χ2v) is 9.60. The van der Waals surface area contributed by atoms with Gasteiger partial charge in [0.2, 0.25) is 17.7 Å². The molecule has 0 aromatic heterocycles. The van der Waals surface area contributed by atoms with Crippen LogP contribution in [0.2, 0.25) is 0 Å². The fraction of sp³-hybridized carbons (Fsp3) is 0.500. The number of rotatable bonds is 12. The van der Waals surface area contributed by atoms with Gasteiger partial charge in [-0.1, -0.05) is 53.5 Å². The molecule has 4 atom stereocenters. The van der Waals surface area contributed by atoms with Crippen LogP contribution in [0.1, 0.15) is 38.7 Å². The largest absolute Gasteiger partial charge is 0.481 e. The zero-order valence-electron chi connectivity index (χ0n) is 18.7. The van der Waals surface area contributed by atoms with E-state index in [0.717, 1.165) is 5.56 Å². The first kappa shape index (κ1) is 27.4. The van der Waals surface area contributed by atoms with E-state index in [1.54, 1.807) is 24.3 Å². The zero-order chi connectivity index (χ0) is 25.5. The minimum atomic E-state index is -1.14. The van der Waals surface area contributed by atoms with Crippen LogP contribution in [0.15, 0.2) is 30.3 Å². The van der Waals surface area contributed by atoms with Crippen molar-refractivity contribution in [2.45, 2.75) is 68.1 Å². The number of amides is 3. The van der Waals surface area contributed by atoms with Crippen molar-refractivity contribution in [3.05, 3.63) is 35.9 Å². The predicted molar refractivity (Wildman–Crippen MR) is 123 cm³/mol. The fourth-order valence-electron chi connectivity index (χ4n) is 2.88. The lowest BCUT2D eigenvalue weighted by Crippen LogP contribution is -2.54. The SMILES string of the molecule is C[C@H](NC(=O)CCC(=O)O)C(=O)N[C@@H](C)C(=O)N[C@@H](Cc1ccccc1)C(=O)OC1CC1(Cl)Cl. The van der Waals surface area contributed by atoms with Crippen LogP contribution < -0.4 is 16.0 Å². The number of carbonyl (C=O) groups is 5. The van der Waals surface area contributed by atoms with Crippen LogP contribution in [0.25, 0.3) is 0 Å². The summed E-state index contributed by atoms with van der Waals surface area (Å²) in [5, 5.41) is 16.0. The van der Waals surface area contributed by atoms with Gasteiger partial charge < -0.3 is 25.8 Å². The molecule has 1 aliphatic rings. The molecule has 0 radical (unpaired) electrons. The van der Waals surface area contributed by atoms with E-state index < -0.39 is 58.2 Å². The number of hydrogen-bond acceptors (Lipinski definition) is 6. The van der Waals surface area contributed by atoms with Gasteiger partial charge in [-0.25, -0.2) is 4.79 Å². The van der Waals surface area contributed by atoms with Crippen molar-refractivity contribution in [3.8, 4) is 0 Å². The van der Waals surface area contributed by atoms with Gasteiger partial charge in [-0.2, -0.15) is 0 Å². The summed E-state index contributed by atoms with van der Waals surface area (Å²) in [4.78, 5) is 59.9. The molecule has 0 bridgehead atoms. The van der Waals surface area contributed by atoms with Crippen LogP contribution in [0.3, 0.4) is 0 Å². The molecule has 4 N–H and O–H groups in total. The summed E-state index contributed by atoms with van der Waals surface area (Å²) in [7, 11) is 0. The number of hydrogen-bond donors (Lipinski definition) is 4. The maximum atomic E-state index is 12.7. The monoisotopic (exact) mass is 515 g/mol. The van der Waals surface area contributed by atoms with Gasteiger partial charge in [-0.3, -0.25) is 19.2 Å². The Morgan fingerprint density at radius 3 is 2.12 bits per heavy atom. The van der Waals surface area contributed by atoms with Crippen molar-refractivity contribution in [1.82, 2.24) is 16.0 Å². The Bertz CT molecular complexity index is 926. The van der Waals surface area contributed by atoms with E-state index in [-0.39, 0.29) is 25.7 Å². The lowest BCUT2D eigenvalue weighted by atomic mass is 10.1. The van der Waals surface area contributed by atoms with Gasteiger partial charge in [-0.15, -0.1) is 0 Å². The Labute approximate surface area is 206 Å². The second-order valence-electron chi connectivity index (χ2n) is 8.05. The summed E-state index contributed by atoms with van der Waals surface area (Å²) in [6.45, 7) is 2.81. The Morgan fingerprint density at radius 1 is 1.00 bits per heavy atom. The summed E-state index contributed by atoms with van der Waals surface area (Å²) < 4.78 is 4.16. The highest BCUT2D eigenvalue weighted by atomic mass is 35.5. The smallest absolute Gasteiger partial charge is 0.329 e. The number of ether oxygens (including phenoxy) is 1. The third-order valence-corrected chi connectivity index (χ3v) is 5.79. The van der Waals surface area contributed by atoms with Crippen LogP contribution in [0.4, 0.5) is 0 Å². The molecule has 2 rings (SSSR count). The first-order chi connectivity index (χ1) is 15.9. The average Bonchev–Trinajstić information content (AvgIpc) is 3.37. The molecule has 186 valence electrons. The van der Waals surface area contributed by atoms with Crippen molar-refractivity contribution in [2.24, 2.45) is 0 Å². The highest BCUT2D eigenvalue weighted by Crippen LogP contribution is 2.49. The van der Waals surface area contributed by atoms with Crippen LogP contribution in [-0.2, 0) is 35.1 Å². The lowest BCUT2D eigenvalue weighted by Gasteiger charge is -2.22. The minimum absolute atomic E-state index is 0.145. The summed E-state index contributed by atoms with van der Waals surface area (Å²) in [6.07, 6.45) is -0.879. The zero-order valence-corrected chi connectivity index (χ0v) is 20.2. The first-order valence-electron chi connectivity index (χ1n) is 10.6. The van der Waals surface area contributed by atoms with Gasteiger partial charge in [0.25, 0.3) is 0 Å². The number of carboxylic acids is 1. The molecule has 0 aliphatic heterocycles. The van der Waals surface area contributed by atoms with Gasteiger partial charge in [0, 0.05) is 19.3 Å². The molecule has 12 heteroatoms. The van der Waals surface area contributed by atoms with E-state index in [0.29, 0.717) is 0 Å². The number of halogens is 2. The molecule has 0 heterocycles. The molecular weight excluding hydrogens is 489 g/mol. The summed E-state index contributed by atoms with van der Waals surface area (Å²) in [5.41, 5.74) is 0.776. The van der Waals surface area contributed by atoms with Crippen molar-refractivity contribution >= 4 is 52.9 Å². The molecule has 0 spiro atoms. The predicted octanol–water partition coefficient (Wildman–Crippen LogP) is 1.08.